The fourth-order valence-corrected chi connectivity index (χ4v) is 2.95. The third kappa shape index (κ3) is 5.65. The van der Waals surface area contributed by atoms with Gasteiger partial charge in [0.15, 0.2) is 18.1 Å². The van der Waals surface area contributed by atoms with Gasteiger partial charge in [0.2, 0.25) is 5.75 Å². The van der Waals surface area contributed by atoms with Crippen molar-refractivity contribution in [2.75, 3.05) is 27.9 Å². The molecule has 0 heterocycles. The maximum absolute atomic E-state index is 12.9. The van der Waals surface area contributed by atoms with Gasteiger partial charge in [0.05, 0.1) is 26.9 Å². The Morgan fingerprint density at radius 1 is 0.900 bits per heavy atom. The molecule has 2 aromatic carbocycles. The standard InChI is InChI=1S/C23H29NO6/c1-23(2,3)24(14-16-10-8-7-9-11-16)20(25)15-30-22(26)17-12-18(27-4)21(29-6)19(13-17)28-5/h7-13H,14-15H2,1-6H3. The van der Waals surface area contributed by atoms with Crippen LogP contribution in [0.1, 0.15) is 36.7 Å². The number of esters is 1. The predicted molar refractivity (Wildman–Crippen MR) is 113 cm³/mol. The second-order valence-electron chi connectivity index (χ2n) is 7.63. The molecule has 7 heteroatoms. The molecular weight excluding hydrogens is 386 g/mol. The topological polar surface area (TPSA) is 74.3 Å². The smallest absolute Gasteiger partial charge is 0.338 e. The molecule has 0 unspecified atom stereocenters. The maximum Gasteiger partial charge on any atom is 0.338 e. The van der Waals surface area contributed by atoms with Gasteiger partial charge in [0.25, 0.3) is 5.91 Å². The lowest BCUT2D eigenvalue weighted by atomic mass is 10.0. The van der Waals surface area contributed by atoms with Gasteiger partial charge < -0.3 is 23.8 Å². The van der Waals surface area contributed by atoms with Gasteiger partial charge in [0.1, 0.15) is 0 Å². The SMILES string of the molecule is COc1cc(C(=O)OCC(=O)N(Cc2ccccc2)C(C)(C)C)cc(OC)c1OC. The second kappa shape index (κ2) is 10.0. The monoisotopic (exact) mass is 415 g/mol. The number of carbonyl (C=O) groups is 2. The fourth-order valence-electron chi connectivity index (χ4n) is 2.95. The van der Waals surface area contributed by atoms with Crippen molar-refractivity contribution in [3.05, 3.63) is 53.6 Å². The van der Waals surface area contributed by atoms with Gasteiger partial charge >= 0.3 is 5.97 Å². The van der Waals surface area contributed by atoms with Crippen molar-refractivity contribution in [1.82, 2.24) is 4.90 Å². The minimum Gasteiger partial charge on any atom is -0.493 e. The highest BCUT2D eigenvalue weighted by Gasteiger charge is 2.28. The fraction of sp³-hybridized carbons (Fsp3) is 0.391. The summed E-state index contributed by atoms with van der Waals surface area (Å²) in [7, 11) is 4.40. The molecule has 0 saturated heterocycles. The van der Waals surface area contributed by atoms with Crippen molar-refractivity contribution < 1.29 is 28.5 Å². The summed E-state index contributed by atoms with van der Waals surface area (Å²) in [5, 5.41) is 0. The summed E-state index contributed by atoms with van der Waals surface area (Å²) in [6.07, 6.45) is 0. The van der Waals surface area contributed by atoms with Crippen LogP contribution in [0.25, 0.3) is 0 Å². The quantitative estimate of drug-likeness (QED) is 0.612. The van der Waals surface area contributed by atoms with Gasteiger partial charge in [-0.3, -0.25) is 4.79 Å². The van der Waals surface area contributed by atoms with Crippen LogP contribution in [0.15, 0.2) is 42.5 Å². The first-order valence-electron chi connectivity index (χ1n) is 9.52. The summed E-state index contributed by atoms with van der Waals surface area (Å²) in [6, 6.07) is 12.6. The second-order valence-corrected chi connectivity index (χ2v) is 7.63. The predicted octanol–water partition coefficient (Wildman–Crippen LogP) is 3.70. The molecule has 30 heavy (non-hydrogen) atoms. The van der Waals surface area contributed by atoms with E-state index in [9.17, 15) is 9.59 Å². The van der Waals surface area contributed by atoms with Crippen LogP contribution >= 0.6 is 0 Å². The molecule has 0 aliphatic carbocycles. The molecule has 2 rings (SSSR count). The summed E-state index contributed by atoms with van der Waals surface area (Å²) >= 11 is 0. The molecule has 0 saturated carbocycles. The summed E-state index contributed by atoms with van der Waals surface area (Å²) in [4.78, 5) is 27.1. The van der Waals surface area contributed by atoms with Gasteiger partial charge in [-0.2, -0.15) is 0 Å². The summed E-state index contributed by atoms with van der Waals surface area (Å²) in [5.74, 6) is 0.0868. The van der Waals surface area contributed by atoms with E-state index in [1.807, 2.05) is 51.1 Å². The number of benzene rings is 2. The molecule has 0 fully saturated rings. The highest BCUT2D eigenvalue weighted by Crippen LogP contribution is 2.38. The molecule has 0 aliphatic heterocycles. The summed E-state index contributed by atoms with van der Waals surface area (Å²) in [6.45, 7) is 5.86. The molecule has 2 aromatic rings. The zero-order chi connectivity index (χ0) is 22.3. The minimum absolute atomic E-state index is 0.197. The number of hydrogen-bond acceptors (Lipinski definition) is 6. The van der Waals surface area contributed by atoms with Crippen molar-refractivity contribution in [3.8, 4) is 17.2 Å². The highest BCUT2D eigenvalue weighted by atomic mass is 16.5. The van der Waals surface area contributed by atoms with Gasteiger partial charge in [-0.25, -0.2) is 4.79 Å². The van der Waals surface area contributed by atoms with Crippen LogP contribution in [-0.2, 0) is 16.1 Å². The Bertz CT molecular complexity index is 848. The molecule has 0 aliphatic rings. The van der Waals surface area contributed by atoms with Crippen molar-refractivity contribution in [1.29, 1.82) is 0 Å². The summed E-state index contributed by atoms with van der Waals surface area (Å²) < 4.78 is 21.1. The lowest BCUT2D eigenvalue weighted by Crippen LogP contribution is -2.46. The molecule has 162 valence electrons. The van der Waals surface area contributed by atoms with Gasteiger partial charge in [-0.15, -0.1) is 0 Å². The van der Waals surface area contributed by atoms with Crippen molar-refractivity contribution >= 4 is 11.9 Å². The first kappa shape index (κ1) is 23.1. The van der Waals surface area contributed by atoms with Crippen molar-refractivity contribution in [2.45, 2.75) is 32.9 Å². The van der Waals surface area contributed by atoms with Crippen LogP contribution in [0.2, 0.25) is 0 Å². The lowest BCUT2D eigenvalue weighted by molar-refractivity contribution is -0.140. The van der Waals surface area contributed by atoms with Crippen LogP contribution in [0.5, 0.6) is 17.2 Å². The van der Waals surface area contributed by atoms with E-state index in [1.165, 1.54) is 33.5 Å². The molecule has 0 spiro atoms. The van der Waals surface area contributed by atoms with E-state index < -0.39 is 11.5 Å². The van der Waals surface area contributed by atoms with Crippen molar-refractivity contribution in [3.63, 3.8) is 0 Å². The Morgan fingerprint density at radius 2 is 1.47 bits per heavy atom. The number of carbonyl (C=O) groups excluding carboxylic acids is 2. The Kier molecular flexibility index (Phi) is 7.69. The van der Waals surface area contributed by atoms with Crippen LogP contribution in [0.4, 0.5) is 0 Å². The molecule has 0 radical (unpaired) electrons. The van der Waals surface area contributed by atoms with E-state index in [-0.39, 0.29) is 18.1 Å². The Balaban J connectivity index is 2.14. The molecule has 1 amide bonds. The van der Waals surface area contributed by atoms with Crippen LogP contribution < -0.4 is 14.2 Å². The van der Waals surface area contributed by atoms with Crippen LogP contribution in [-0.4, -0.2) is 50.3 Å². The largest absolute Gasteiger partial charge is 0.493 e. The molecular formula is C23H29NO6. The maximum atomic E-state index is 12.9. The third-order valence-corrected chi connectivity index (χ3v) is 4.52. The van der Waals surface area contributed by atoms with Gasteiger partial charge in [-0.1, -0.05) is 30.3 Å². The first-order chi connectivity index (χ1) is 14.2. The van der Waals surface area contributed by atoms with E-state index in [4.69, 9.17) is 18.9 Å². The Morgan fingerprint density at radius 3 is 1.93 bits per heavy atom. The lowest BCUT2D eigenvalue weighted by Gasteiger charge is -2.35. The Hall–Kier alpha value is -3.22. The first-order valence-corrected chi connectivity index (χ1v) is 9.52. The number of methoxy groups -OCH3 is 3. The Labute approximate surface area is 177 Å². The number of ether oxygens (including phenoxy) is 4. The molecule has 0 N–H and O–H groups in total. The molecule has 0 atom stereocenters. The number of hydrogen-bond donors (Lipinski definition) is 0. The number of rotatable bonds is 8. The van der Waals surface area contributed by atoms with Crippen LogP contribution in [0.3, 0.4) is 0 Å². The van der Waals surface area contributed by atoms with E-state index in [2.05, 4.69) is 0 Å². The average molecular weight is 415 g/mol. The summed E-state index contributed by atoms with van der Waals surface area (Å²) in [5.41, 5.74) is 0.755. The zero-order valence-corrected chi connectivity index (χ0v) is 18.4. The van der Waals surface area contributed by atoms with E-state index in [0.717, 1.165) is 5.56 Å². The van der Waals surface area contributed by atoms with E-state index in [1.54, 1.807) is 4.90 Å². The van der Waals surface area contributed by atoms with Crippen molar-refractivity contribution in [2.24, 2.45) is 0 Å². The minimum atomic E-state index is -0.656. The molecule has 7 nitrogen and oxygen atoms in total. The third-order valence-electron chi connectivity index (χ3n) is 4.52. The average Bonchev–Trinajstić information content (AvgIpc) is 2.74. The number of amides is 1. The zero-order valence-electron chi connectivity index (χ0n) is 18.4. The van der Waals surface area contributed by atoms with Gasteiger partial charge in [-0.05, 0) is 38.5 Å². The van der Waals surface area contributed by atoms with E-state index in [0.29, 0.717) is 23.8 Å². The highest BCUT2D eigenvalue weighted by molar-refractivity contribution is 5.93. The van der Waals surface area contributed by atoms with E-state index >= 15 is 0 Å². The molecule has 0 aromatic heterocycles. The number of nitrogens with zero attached hydrogens (tertiary/aromatic N) is 1. The molecule has 0 bridgehead atoms. The van der Waals surface area contributed by atoms with Crippen LogP contribution in [0, 0.1) is 0 Å². The van der Waals surface area contributed by atoms with Gasteiger partial charge in [0, 0.05) is 12.1 Å². The normalized spacial score (nSPS) is 10.9.